The van der Waals surface area contributed by atoms with E-state index in [1.807, 2.05) is 13.8 Å². The van der Waals surface area contributed by atoms with Gasteiger partial charge in [-0.2, -0.15) is 0 Å². The second kappa shape index (κ2) is 6.08. The Morgan fingerprint density at radius 2 is 2.13 bits per heavy atom. The summed E-state index contributed by atoms with van der Waals surface area (Å²) in [6.45, 7) is 5.01. The van der Waals surface area contributed by atoms with Gasteiger partial charge in [-0.1, -0.05) is 0 Å². The lowest BCUT2D eigenvalue weighted by molar-refractivity contribution is -0.120. The predicted octanol–water partition coefficient (Wildman–Crippen LogP) is 0.526. The molecular weight excluding hydrogens is 192 g/mol. The first-order valence-corrected chi connectivity index (χ1v) is 5.65. The average Bonchev–Trinajstić information content (AvgIpc) is 2.94. The third kappa shape index (κ3) is 5.14. The zero-order chi connectivity index (χ0) is 11.3. The maximum atomic E-state index is 11.4. The van der Waals surface area contributed by atoms with Crippen molar-refractivity contribution in [2.45, 2.75) is 38.8 Å². The van der Waals surface area contributed by atoms with E-state index >= 15 is 0 Å². The Morgan fingerprint density at radius 3 is 2.60 bits per heavy atom. The topological polar surface area (TPSA) is 50.4 Å². The molecule has 1 unspecified atom stereocenters. The molecule has 1 aliphatic rings. The number of hydrogen-bond acceptors (Lipinski definition) is 3. The van der Waals surface area contributed by atoms with Gasteiger partial charge in [-0.15, -0.1) is 0 Å². The number of amides is 1. The molecule has 1 amide bonds. The van der Waals surface area contributed by atoms with Crippen LogP contribution in [0.4, 0.5) is 0 Å². The second-order valence-electron chi connectivity index (χ2n) is 4.50. The molecule has 0 aromatic heterocycles. The standard InChI is InChI=1S/C11H22N2O2/c1-8(2)13-11(14)6-12-10(7-15-3)9-4-5-9/h8-10,12H,4-7H2,1-3H3,(H,13,14). The van der Waals surface area contributed by atoms with Gasteiger partial charge in [0, 0.05) is 19.2 Å². The molecule has 0 spiro atoms. The normalized spacial score (nSPS) is 17.9. The highest BCUT2D eigenvalue weighted by atomic mass is 16.5. The summed E-state index contributed by atoms with van der Waals surface area (Å²) in [4.78, 5) is 11.4. The zero-order valence-electron chi connectivity index (χ0n) is 9.88. The highest BCUT2D eigenvalue weighted by molar-refractivity contribution is 5.78. The van der Waals surface area contributed by atoms with E-state index in [1.165, 1.54) is 12.8 Å². The quantitative estimate of drug-likeness (QED) is 0.650. The van der Waals surface area contributed by atoms with Gasteiger partial charge in [-0.05, 0) is 32.6 Å². The molecule has 1 aliphatic carbocycles. The molecule has 0 aromatic carbocycles. The number of nitrogens with one attached hydrogen (secondary N) is 2. The third-order valence-corrected chi connectivity index (χ3v) is 2.51. The third-order valence-electron chi connectivity index (χ3n) is 2.51. The Bertz CT molecular complexity index is 203. The highest BCUT2D eigenvalue weighted by Gasteiger charge is 2.30. The van der Waals surface area contributed by atoms with Crippen molar-refractivity contribution in [3.05, 3.63) is 0 Å². The van der Waals surface area contributed by atoms with Gasteiger partial charge in [0.15, 0.2) is 0 Å². The molecule has 4 heteroatoms. The van der Waals surface area contributed by atoms with E-state index in [1.54, 1.807) is 7.11 Å². The molecule has 0 heterocycles. The van der Waals surface area contributed by atoms with Crippen molar-refractivity contribution in [1.29, 1.82) is 0 Å². The molecule has 4 nitrogen and oxygen atoms in total. The lowest BCUT2D eigenvalue weighted by Crippen LogP contribution is -2.43. The van der Waals surface area contributed by atoms with Crippen LogP contribution in [0.25, 0.3) is 0 Å². The highest BCUT2D eigenvalue weighted by Crippen LogP contribution is 2.32. The summed E-state index contributed by atoms with van der Waals surface area (Å²) < 4.78 is 5.12. The Morgan fingerprint density at radius 1 is 1.47 bits per heavy atom. The van der Waals surface area contributed by atoms with Crippen molar-refractivity contribution in [3.63, 3.8) is 0 Å². The zero-order valence-corrected chi connectivity index (χ0v) is 9.88. The first-order chi connectivity index (χ1) is 7.13. The Hall–Kier alpha value is -0.610. The minimum absolute atomic E-state index is 0.0618. The van der Waals surface area contributed by atoms with Crippen molar-refractivity contribution in [3.8, 4) is 0 Å². The SMILES string of the molecule is COCC(NCC(=O)NC(C)C)C1CC1. The summed E-state index contributed by atoms with van der Waals surface area (Å²) in [7, 11) is 1.70. The van der Waals surface area contributed by atoms with E-state index in [4.69, 9.17) is 4.74 Å². The molecular formula is C11H22N2O2. The number of rotatable bonds is 7. The molecule has 0 aromatic rings. The minimum atomic E-state index is 0.0618. The molecule has 1 fully saturated rings. The number of ether oxygens (including phenoxy) is 1. The fourth-order valence-electron chi connectivity index (χ4n) is 1.64. The molecule has 0 aliphatic heterocycles. The van der Waals surface area contributed by atoms with E-state index in [9.17, 15) is 4.79 Å². The maximum Gasteiger partial charge on any atom is 0.234 e. The Labute approximate surface area is 91.8 Å². The van der Waals surface area contributed by atoms with Gasteiger partial charge >= 0.3 is 0 Å². The lowest BCUT2D eigenvalue weighted by Gasteiger charge is -2.17. The van der Waals surface area contributed by atoms with Crippen molar-refractivity contribution < 1.29 is 9.53 Å². The number of carbonyl (C=O) groups excluding carboxylic acids is 1. The molecule has 1 rings (SSSR count). The molecule has 2 N–H and O–H groups in total. The van der Waals surface area contributed by atoms with Gasteiger partial charge in [-0.3, -0.25) is 4.79 Å². The fourth-order valence-corrected chi connectivity index (χ4v) is 1.64. The van der Waals surface area contributed by atoms with Crippen molar-refractivity contribution in [1.82, 2.24) is 10.6 Å². The van der Waals surface area contributed by atoms with Crippen LogP contribution >= 0.6 is 0 Å². The van der Waals surface area contributed by atoms with E-state index in [2.05, 4.69) is 10.6 Å². The van der Waals surface area contributed by atoms with Gasteiger partial charge in [0.1, 0.15) is 0 Å². The first-order valence-electron chi connectivity index (χ1n) is 5.65. The van der Waals surface area contributed by atoms with E-state index < -0.39 is 0 Å². The average molecular weight is 214 g/mol. The molecule has 15 heavy (non-hydrogen) atoms. The maximum absolute atomic E-state index is 11.4. The minimum Gasteiger partial charge on any atom is -0.383 e. The fraction of sp³-hybridized carbons (Fsp3) is 0.909. The summed E-state index contributed by atoms with van der Waals surface area (Å²) >= 11 is 0. The first kappa shape index (κ1) is 12.5. The van der Waals surface area contributed by atoms with Gasteiger partial charge in [0.25, 0.3) is 0 Å². The number of hydrogen-bond donors (Lipinski definition) is 2. The van der Waals surface area contributed by atoms with Crippen LogP contribution in [0.5, 0.6) is 0 Å². The van der Waals surface area contributed by atoms with Gasteiger partial charge in [-0.25, -0.2) is 0 Å². The van der Waals surface area contributed by atoms with E-state index in [0.29, 0.717) is 25.1 Å². The van der Waals surface area contributed by atoms with Crippen molar-refractivity contribution >= 4 is 5.91 Å². The predicted molar refractivity (Wildman–Crippen MR) is 59.7 cm³/mol. The van der Waals surface area contributed by atoms with Crippen LogP contribution in [0.1, 0.15) is 26.7 Å². The van der Waals surface area contributed by atoms with Gasteiger partial charge in [0.05, 0.1) is 13.2 Å². The summed E-state index contributed by atoms with van der Waals surface area (Å²) in [6.07, 6.45) is 2.51. The molecule has 0 bridgehead atoms. The molecule has 0 saturated heterocycles. The van der Waals surface area contributed by atoms with Gasteiger partial charge in [0.2, 0.25) is 5.91 Å². The molecule has 88 valence electrons. The largest absolute Gasteiger partial charge is 0.383 e. The van der Waals surface area contributed by atoms with Crippen LogP contribution < -0.4 is 10.6 Å². The van der Waals surface area contributed by atoms with Crippen LogP contribution in [0.15, 0.2) is 0 Å². The van der Waals surface area contributed by atoms with Crippen LogP contribution in [-0.2, 0) is 9.53 Å². The second-order valence-corrected chi connectivity index (χ2v) is 4.50. The summed E-state index contributed by atoms with van der Waals surface area (Å²) in [6, 6.07) is 0.550. The van der Waals surface area contributed by atoms with E-state index in [0.717, 1.165) is 0 Å². The summed E-state index contributed by atoms with van der Waals surface area (Å²) in [5.74, 6) is 0.767. The number of methoxy groups -OCH3 is 1. The number of carbonyl (C=O) groups is 1. The molecule has 1 atom stereocenters. The van der Waals surface area contributed by atoms with Crippen LogP contribution in [0.3, 0.4) is 0 Å². The van der Waals surface area contributed by atoms with E-state index in [-0.39, 0.29) is 11.9 Å². The van der Waals surface area contributed by atoms with Crippen LogP contribution in [0, 0.1) is 5.92 Å². The van der Waals surface area contributed by atoms with Crippen LogP contribution in [0.2, 0.25) is 0 Å². The summed E-state index contributed by atoms with van der Waals surface area (Å²) in [5.41, 5.74) is 0. The molecule has 1 saturated carbocycles. The monoisotopic (exact) mass is 214 g/mol. The Balaban J connectivity index is 2.17. The van der Waals surface area contributed by atoms with Crippen molar-refractivity contribution in [2.24, 2.45) is 5.92 Å². The van der Waals surface area contributed by atoms with Crippen molar-refractivity contribution in [2.75, 3.05) is 20.3 Å². The smallest absolute Gasteiger partial charge is 0.234 e. The van der Waals surface area contributed by atoms with Gasteiger partial charge < -0.3 is 15.4 Å². The molecule has 0 radical (unpaired) electrons. The Kier molecular flexibility index (Phi) is 5.05. The van der Waals surface area contributed by atoms with Crippen LogP contribution in [-0.4, -0.2) is 38.3 Å². The lowest BCUT2D eigenvalue weighted by atomic mass is 10.2. The summed E-state index contributed by atoms with van der Waals surface area (Å²) in [5, 5.41) is 6.11.